The Morgan fingerprint density at radius 2 is 1.75 bits per heavy atom. The predicted octanol–water partition coefficient (Wildman–Crippen LogP) is 2.01. The number of hydrogen-bond donors (Lipinski definition) is 1. The van der Waals surface area contributed by atoms with Gasteiger partial charge in [-0.1, -0.05) is 26.7 Å². The van der Waals surface area contributed by atoms with E-state index in [2.05, 4.69) is 13.8 Å². The average Bonchev–Trinajstić information content (AvgIpc) is 2.53. The second kappa shape index (κ2) is 6.89. The molecule has 3 heteroatoms. The summed E-state index contributed by atoms with van der Waals surface area (Å²) in [7, 11) is 0. The van der Waals surface area contributed by atoms with Gasteiger partial charge in [0.25, 0.3) is 0 Å². The minimum absolute atomic E-state index is 0.0399. The van der Waals surface area contributed by atoms with Gasteiger partial charge in [-0.05, 0) is 25.2 Å². The van der Waals surface area contributed by atoms with Crippen LogP contribution in [0.25, 0.3) is 0 Å². The third kappa shape index (κ3) is 4.12. The standard InChI is InChI=1S/C13H26N2O/c1-11(2)9-12(10-14)13(16)15-7-5-3-4-6-8-15/h11-12H,3-10,14H2,1-2H3. The fraction of sp³-hybridized carbons (Fsp3) is 0.923. The van der Waals surface area contributed by atoms with Crippen LogP contribution in [0.5, 0.6) is 0 Å². The predicted molar refractivity (Wildman–Crippen MR) is 67.0 cm³/mol. The normalized spacial score (nSPS) is 19.6. The van der Waals surface area contributed by atoms with Crippen LogP contribution in [0.2, 0.25) is 0 Å². The minimum Gasteiger partial charge on any atom is -0.342 e. The van der Waals surface area contributed by atoms with E-state index in [0.29, 0.717) is 12.5 Å². The van der Waals surface area contributed by atoms with Gasteiger partial charge in [0.15, 0.2) is 0 Å². The van der Waals surface area contributed by atoms with Crippen molar-refractivity contribution in [2.75, 3.05) is 19.6 Å². The number of nitrogens with zero attached hydrogens (tertiary/aromatic N) is 1. The summed E-state index contributed by atoms with van der Waals surface area (Å²) in [5.74, 6) is 0.876. The van der Waals surface area contributed by atoms with E-state index in [1.165, 1.54) is 12.8 Å². The number of likely N-dealkylation sites (tertiary alicyclic amines) is 1. The first-order chi connectivity index (χ1) is 7.65. The Morgan fingerprint density at radius 3 is 2.19 bits per heavy atom. The van der Waals surface area contributed by atoms with Gasteiger partial charge >= 0.3 is 0 Å². The first-order valence-corrected chi connectivity index (χ1v) is 6.64. The number of carbonyl (C=O) groups excluding carboxylic acids is 1. The summed E-state index contributed by atoms with van der Waals surface area (Å²) in [4.78, 5) is 14.3. The Hall–Kier alpha value is -0.570. The zero-order valence-electron chi connectivity index (χ0n) is 10.7. The number of rotatable bonds is 4. The number of carbonyl (C=O) groups is 1. The Kier molecular flexibility index (Phi) is 5.81. The van der Waals surface area contributed by atoms with Gasteiger partial charge < -0.3 is 10.6 Å². The molecule has 0 radical (unpaired) electrons. The van der Waals surface area contributed by atoms with Crippen LogP contribution in [0.4, 0.5) is 0 Å². The van der Waals surface area contributed by atoms with E-state index < -0.39 is 0 Å². The lowest BCUT2D eigenvalue weighted by molar-refractivity contribution is -0.135. The number of hydrogen-bond acceptors (Lipinski definition) is 2. The first kappa shape index (κ1) is 13.5. The topological polar surface area (TPSA) is 46.3 Å². The van der Waals surface area contributed by atoms with Crippen LogP contribution in [0.15, 0.2) is 0 Å². The van der Waals surface area contributed by atoms with Crippen molar-refractivity contribution in [2.45, 2.75) is 46.0 Å². The maximum absolute atomic E-state index is 12.3. The lowest BCUT2D eigenvalue weighted by Crippen LogP contribution is -2.40. The quantitative estimate of drug-likeness (QED) is 0.797. The maximum Gasteiger partial charge on any atom is 0.226 e. The number of nitrogens with two attached hydrogens (primary N) is 1. The third-order valence-corrected chi connectivity index (χ3v) is 3.31. The van der Waals surface area contributed by atoms with Crippen molar-refractivity contribution in [3.8, 4) is 0 Å². The highest BCUT2D eigenvalue weighted by Crippen LogP contribution is 2.17. The summed E-state index contributed by atoms with van der Waals surface area (Å²) in [5.41, 5.74) is 5.72. The second-order valence-electron chi connectivity index (χ2n) is 5.30. The van der Waals surface area contributed by atoms with Gasteiger partial charge in [0.2, 0.25) is 5.91 Å². The fourth-order valence-corrected chi connectivity index (χ4v) is 2.42. The lowest BCUT2D eigenvalue weighted by atomic mass is 9.96. The maximum atomic E-state index is 12.3. The van der Waals surface area contributed by atoms with E-state index in [4.69, 9.17) is 5.73 Å². The van der Waals surface area contributed by atoms with Gasteiger partial charge in [-0.2, -0.15) is 0 Å². The molecule has 0 aromatic heterocycles. The van der Waals surface area contributed by atoms with E-state index in [1.807, 2.05) is 4.90 Å². The molecule has 0 spiro atoms. The Labute approximate surface area is 99.4 Å². The molecule has 0 saturated carbocycles. The highest BCUT2D eigenvalue weighted by atomic mass is 16.2. The highest BCUT2D eigenvalue weighted by molar-refractivity contribution is 5.79. The average molecular weight is 226 g/mol. The van der Waals surface area contributed by atoms with Gasteiger partial charge in [-0.15, -0.1) is 0 Å². The highest BCUT2D eigenvalue weighted by Gasteiger charge is 2.24. The van der Waals surface area contributed by atoms with Gasteiger partial charge in [0.05, 0.1) is 5.92 Å². The monoisotopic (exact) mass is 226 g/mol. The molecule has 0 aromatic rings. The molecule has 1 aliphatic heterocycles. The SMILES string of the molecule is CC(C)CC(CN)C(=O)N1CCCCCC1. The van der Waals surface area contributed by atoms with E-state index in [9.17, 15) is 4.79 Å². The molecule has 0 aliphatic carbocycles. The van der Waals surface area contributed by atoms with Crippen LogP contribution < -0.4 is 5.73 Å². The fourth-order valence-electron chi connectivity index (χ4n) is 2.42. The van der Waals surface area contributed by atoms with Crippen molar-refractivity contribution in [1.29, 1.82) is 0 Å². The van der Waals surface area contributed by atoms with Crippen molar-refractivity contribution < 1.29 is 4.79 Å². The van der Waals surface area contributed by atoms with Crippen molar-refractivity contribution in [1.82, 2.24) is 4.90 Å². The van der Waals surface area contributed by atoms with Gasteiger partial charge in [-0.3, -0.25) is 4.79 Å². The molecule has 94 valence electrons. The molecule has 0 aromatic carbocycles. The summed E-state index contributed by atoms with van der Waals surface area (Å²) >= 11 is 0. The summed E-state index contributed by atoms with van der Waals surface area (Å²) in [6.07, 6.45) is 5.77. The Morgan fingerprint density at radius 1 is 1.19 bits per heavy atom. The molecular formula is C13H26N2O. The third-order valence-electron chi connectivity index (χ3n) is 3.31. The van der Waals surface area contributed by atoms with Crippen molar-refractivity contribution in [3.63, 3.8) is 0 Å². The van der Waals surface area contributed by atoms with E-state index >= 15 is 0 Å². The zero-order valence-corrected chi connectivity index (χ0v) is 10.7. The Bertz CT molecular complexity index is 204. The van der Waals surface area contributed by atoms with Crippen LogP contribution in [-0.2, 0) is 4.79 Å². The molecule has 2 N–H and O–H groups in total. The molecule has 1 rings (SSSR count). The molecule has 1 aliphatic rings. The lowest BCUT2D eigenvalue weighted by Gasteiger charge is -2.26. The molecule has 0 bridgehead atoms. The molecule has 1 atom stereocenters. The summed E-state index contributed by atoms with van der Waals surface area (Å²) in [6, 6.07) is 0. The molecule has 1 amide bonds. The first-order valence-electron chi connectivity index (χ1n) is 6.64. The zero-order chi connectivity index (χ0) is 12.0. The van der Waals surface area contributed by atoms with E-state index in [-0.39, 0.29) is 11.8 Å². The van der Waals surface area contributed by atoms with E-state index in [0.717, 1.165) is 32.4 Å². The summed E-state index contributed by atoms with van der Waals surface area (Å²) in [6.45, 7) is 6.67. The van der Waals surface area contributed by atoms with Crippen molar-refractivity contribution in [3.05, 3.63) is 0 Å². The van der Waals surface area contributed by atoms with Crippen molar-refractivity contribution in [2.24, 2.45) is 17.6 Å². The van der Waals surface area contributed by atoms with Gasteiger partial charge in [0, 0.05) is 19.6 Å². The molecule has 1 unspecified atom stereocenters. The van der Waals surface area contributed by atoms with Crippen LogP contribution >= 0.6 is 0 Å². The van der Waals surface area contributed by atoms with Crippen LogP contribution in [0, 0.1) is 11.8 Å². The molecule has 1 fully saturated rings. The summed E-state index contributed by atoms with van der Waals surface area (Å²) in [5, 5.41) is 0. The van der Waals surface area contributed by atoms with Gasteiger partial charge in [-0.25, -0.2) is 0 Å². The minimum atomic E-state index is 0.0399. The van der Waals surface area contributed by atoms with Crippen molar-refractivity contribution >= 4 is 5.91 Å². The van der Waals surface area contributed by atoms with Crippen LogP contribution in [0.1, 0.15) is 46.0 Å². The smallest absolute Gasteiger partial charge is 0.226 e. The van der Waals surface area contributed by atoms with E-state index in [1.54, 1.807) is 0 Å². The molecule has 1 heterocycles. The summed E-state index contributed by atoms with van der Waals surface area (Å²) < 4.78 is 0. The Balaban J connectivity index is 2.51. The molecule has 1 saturated heterocycles. The number of amides is 1. The molecular weight excluding hydrogens is 200 g/mol. The molecule has 16 heavy (non-hydrogen) atoms. The largest absolute Gasteiger partial charge is 0.342 e. The van der Waals surface area contributed by atoms with Gasteiger partial charge in [0.1, 0.15) is 0 Å². The molecule has 3 nitrogen and oxygen atoms in total. The van der Waals surface area contributed by atoms with Crippen LogP contribution in [0.3, 0.4) is 0 Å². The van der Waals surface area contributed by atoms with Crippen LogP contribution in [-0.4, -0.2) is 30.4 Å². The second-order valence-corrected chi connectivity index (χ2v) is 5.30.